The molecule has 1 aliphatic heterocycles. The Kier molecular flexibility index (Phi) is 1.95. The SMILES string of the molecule is N[C@@H]1COc2c(Cl)cccc2C1. The van der Waals surface area contributed by atoms with Crippen LogP contribution in [0.2, 0.25) is 5.02 Å². The van der Waals surface area contributed by atoms with Gasteiger partial charge in [-0.1, -0.05) is 23.7 Å². The maximum atomic E-state index is 5.92. The van der Waals surface area contributed by atoms with Crippen LogP contribution in [0, 0.1) is 0 Å². The summed E-state index contributed by atoms with van der Waals surface area (Å²) < 4.78 is 5.41. The molecule has 12 heavy (non-hydrogen) atoms. The summed E-state index contributed by atoms with van der Waals surface area (Å²) in [5.41, 5.74) is 6.84. The molecule has 0 bridgehead atoms. The van der Waals surface area contributed by atoms with Crippen LogP contribution in [-0.2, 0) is 6.42 Å². The minimum Gasteiger partial charge on any atom is -0.490 e. The fourth-order valence-electron chi connectivity index (χ4n) is 1.41. The molecule has 0 amide bonds. The van der Waals surface area contributed by atoms with Crippen molar-refractivity contribution in [3.63, 3.8) is 0 Å². The Balaban J connectivity index is 2.42. The Morgan fingerprint density at radius 2 is 2.33 bits per heavy atom. The van der Waals surface area contributed by atoms with Gasteiger partial charge in [-0.2, -0.15) is 0 Å². The average molecular weight is 184 g/mol. The van der Waals surface area contributed by atoms with Gasteiger partial charge in [0.15, 0.2) is 0 Å². The van der Waals surface area contributed by atoms with Crippen molar-refractivity contribution in [2.75, 3.05) is 6.61 Å². The Morgan fingerprint density at radius 1 is 1.50 bits per heavy atom. The molecule has 0 fully saturated rings. The van der Waals surface area contributed by atoms with Gasteiger partial charge in [0.2, 0.25) is 0 Å². The van der Waals surface area contributed by atoms with Crippen molar-refractivity contribution in [2.45, 2.75) is 12.5 Å². The summed E-state index contributed by atoms with van der Waals surface area (Å²) >= 11 is 5.92. The van der Waals surface area contributed by atoms with E-state index < -0.39 is 0 Å². The van der Waals surface area contributed by atoms with Gasteiger partial charge >= 0.3 is 0 Å². The molecule has 1 aromatic carbocycles. The van der Waals surface area contributed by atoms with Gasteiger partial charge in [0.25, 0.3) is 0 Å². The summed E-state index contributed by atoms with van der Waals surface area (Å²) in [6, 6.07) is 5.86. The first-order chi connectivity index (χ1) is 5.77. The van der Waals surface area contributed by atoms with Crippen LogP contribution in [0.1, 0.15) is 5.56 Å². The van der Waals surface area contributed by atoms with Gasteiger partial charge in [0.1, 0.15) is 12.4 Å². The molecular formula is C9H10ClNO. The molecular weight excluding hydrogens is 174 g/mol. The second-order valence-corrected chi connectivity index (χ2v) is 3.41. The second kappa shape index (κ2) is 2.96. The number of nitrogens with two attached hydrogens (primary N) is 1. The maximum Gasteiger partial charge on any atom is 0.141 e. The molecule has 1 heterocycles. The average Bonchev–Trinajstić information content (AvgIpc) is 2.04. The van der Waals surface area contributed by atoms with Gasteiger partial charge in [0, 0.05) is 6.04 Å². The highest BCUT2D eigenvalue weighted by Gasteiger charge is 2.17. The van der Waals surface area contributed by atoms with Gasteiger partial charge in [-0.05, 0) is 18.1 Å². The maximum absolute atomic E-state index is 5.92. The van der Waals surface area contributed by atoms with Crippen molar-refractivity contribution in [3.05, 3.63) is 28.8 Å². The van der Waals surface area contributed by atoms with Crippen molar-refractivity contribution in [2.24, 2.45) is 5.73 Å². The number of rotatable bonds is 0. The van der Waals surface area contributed by atoms with E-state index in [0.29, 0.717) is 11.6 Å². The van der Waals surface area contributed by atoms with Gasteiger partial charge in [-0.3, -0.25) is 0 Å². The first-order valence-corrected chi connectivity index (χ1v) is 4.31. The molecule has 0 unspecified atom stereocenters. The van der Waals surface area contributed by atoms with E-state index in [0.717, 1.165) is 17.7 Å². The van der Waals surface area contributed by atoms with E-state index in [1.54, 1.807) is 0 Å². The van der Waals surface area contributed by atoms with Gasteiger partial charge in [0.05, 0.1) is 5.02 Å². The zero-order chi connectivity index (χ0) is 8.55. The summed E-state index contributed by atoms with van der Waals surface area (Å²) in [6.07, 6.45) is 0.857. The third-order valence-electron chi connectivity index (χ3n) is 1.97. The van der Waals surface area contributed by atoms with E-state index in [1.807, 2.05) is 18.2 Å². The topological polar surface area (TPSA) is 35.2 Å². The van der Waals surface area contributed by atoms with Crippen molar-refractivity contribution in [1.82, 2.24) is 0 Å². The third-order valence-corrected chi connectivity index (χ3v) is 2.27. The largest absolute Gasteiger partial charge is 0.490 e. The van der Waals surface area contributed by atoms with Crippen LogP contribution in [0.4, 0.5) is 0 Å². The van der Waals surface area contributed by atoms with Crippen molar-refractivity contribution in [1.29, 1.82) is 0 Å². The number of benzene rings is 1. The predicted octanol–water partition coefficient (Wildman–Crippen LogP) is 1.60. The van der Waals surface area contributed by atoms with Gasteiger partial charge in [-0.15, -0.1) is 0 Å². The summed E-state index contributed by atoms with van der Waals surface area (Å²) in [6.45, 7) is 0.566. The minimum absolute atomic E-state index is 0.107. The highest BCUT2D eigenvalue weighted by Crippen LogP contribution is 2.31. The van der Waals surface area contributed by atoms with Crippen LogP contribution in [0.5, 0.6) is 5.75 Å². The van der Waals surface area contributed by atoms with Crippen LogP contribution < -0.4 is 10.5 Å². The van der Waals surface area contributed by atoms with Crippen molar-refractivity contribution in [3.8, 4) is 5.75 Å². The molecule has 1 aliphatic rings. The molecule has 2 nitrogen and oxygen atoms in total. The first-order valence-electron chi connectivity index (χ1n) is 3.93. The van der Waals surface area contributed by atoms with Crippen molar-refractivity contribution < 1.29 is 4.74 Å². The zero-order valence-electron chi connectivity index (χ0n) is 6.59. The number of fused-ring (bicyclic) bond motifs is 1. The lowest BCUT2D eigenvalue weighted by atomic mass is 10.0. The number of hydrogen-bond acceptors (Lipinski definition) is 2. The summed E-state index contributed by atoms with van der Waals surface area (Å²) in [7, 11) is 0. The number of halogens is 1. The third kappa shape index (κ3) is 1.28. The first kappa shape index (κ1) is 7.90. The Labute approximate surface area is 76.3 Å². The Hall–Kier alpha value is -0.730. The molecule has 0 aromatic heterocycles. The lowest BCUT2D eigenvalue weighted by Gasteiger charge is -2.22. The van der Waals surface area contributed by atoms with E-state index in [9.17, 15) is 0 Å². The predicted molar refractivity (Wildman–Crippen MR) is 48.6 cm³/mol. The van der Waals surface area contributed by atoms with E-state index in [1.165, 1.54) is 0 Å². The van der Waals surface area contributed by atoms with Crippen LogP contribution in [0.3, 0.4) is 0 Å². The molecule has 1 aromatic rings. The highest BCUT2D eigenvalue weighted by molar-refractivity contribution is 6.32. The highest BCUT2D eigenvalue weighted by atomic mass is 35.5. The number of ether oxygens (including phenoxy) is 1. The Bertz CT molecular complexity index is 301. The summed E-state index contributed by atoms with van der Waals surface area (Å²) in [4.78, 5) is 0. The standard InChI is InChI=1S/C9H10ClNO/c10-8-3-1-2-6-4-7(11)5-12-9(6)8/h1-3,7H,4-5,11H2/t7-/m0/s1. The molecule has 0 aliphatic carbocycles. The van der Waals surface area contributed by atoms with Crippen LogP contribution in [-0.4, -0.2) is 12.6 Å². The fraction of sp³-hybridized carbons (Fsp3) is 0.333. The van der Waals surface area contributed by atoms with Gasteiger partial charge < -0.3 is 10.5 Å². The van der Waals surface area contributed by atoms with E-state index in [-0.39, 0.29) is 6.04 Å². The minimum atomic E-state index is 0.107. The van der Waals surface area contributed by atoms with E-state index in [4.69, 9.17) is 22.1 Å². The Morgan fingerprint density at radius 3 is 3.17 bits per heavy atom. The molecule has 0 radical (unpaired) electrons. The van der Waals surface area contributed by atoms with E-state index in [2.05, 4.69) is 0 Å². The molecule has 0 saturated heterocycles. The molecule has 3 heteroatoms. The molecule has 2 N–H and O–H groups in total. The lowest BCUT2D eigenvalue weighted by molar-refractivity contribution is 0.264. The van der Waals surface area contributed by atoms with Crippen LogP contribution >= 0.6 is 11.6 Å². The monoisotopic (exact) mass is 183 g/mol. The number of para-hydroxylation sites is 1. The second-order valence-electron chi connectivity index (χ2n) is 3.00. The summed E-state index contributed by atoms with van der Waals surface area (Å²) in [5, 5.41) is 0.680. The quantitative estimate of drug-likeness (QED) is 0.663. The number of hydrogen-bond donors (Lipinski definition) is 1. The van der Waals surface area contributed by atoms with Crippen molar-refractivity contribution >= 4 is 11.6 Å². The molecule has 64 valence electrons. The molecule has 0 saturated carbocycles. The van der Waals surface area contributed by atoms with Crippen LogP contribution in [0.25, 0.3) is 0 Å². The van der Waals surface area contributed by atoms with Crippen LogP contribution in [0.15, 0.2) is 18.2 Å². The smallest absolute Gasteiger partial charge is 0.141 e. The van der Waals surface area contributed by atoms with Gasteiger partial charge in [-0.25, -0.2) is 0 Å². The van der Waals surface area contributed by atoms with E-state index >= 15 is 0 Å². The molecule has 2 rings (SSSR count). The molecule has 1 atom stereocenters. The lowest BCUT2D eigenvalue weighted by Crippen LogP contribution is -2.33. The fourth-order valence-corrected chi connectivity index (χ4v) is 1.66. The zero-order valence-corrected chi connectivity index (χ0v) is 7.34. The normalized spacial score (nSPS) is 21.3. The molecule has 0 spiro atoms. The summed E-state index contributed by atoms with van der Waals surface area (Å²) in [5.74, 6) is 0.806.